The number of aryl methyl sites for hydroxylation is 1. The van der Waals surface area contributed by atoms with Crippen LogP contribution in [-0.4, -0.2) is 61.7 Å². The highest BCUT2D eigenvalue weighted by Gasteiger charge is 2.37. The minimum Gasteiger partial charge on any atom is -0.396 e. The summed E-state index contributed by atoms with van der Waals surface area (Å²) in [5.74, 6) is -2.23. The number of aliphatic hydroxyl groups excluding tert-OH is 6. The molecule has 0 bridgehead atoms. The SMILES string of the molecule is Cc1cc(-c2ccc(C(F)(F)F)c(F)c2)ccc1[C@@H](O)C(O)C(O)C(O)C(O)C(C)CO. The van der Waals surface area contributed by atoms with Crippen LogP contribution >= 0.6 is 0 Å². The van der Waals surface area contributed by atoms with E-state index >= 15 is 0 Å². The lowest BCUT2D eigenvalue weighted by atomic mass is 9.89. The molecule has 6 N–H and O–H groups in total. The summed E-state index contributed by atoms with van der Waals surface area (Å²) in [6.45, 7) is 2.46. The molecule has 178 valence electrons. The third-order valence-electron chi connectivity index (χ3n) is 5.44. The van der Waals surface area contributed by atoms with Gasteiger partial charge in [0.2, 0.25) is 0 Å². The lowest BCUT2D eigenvalue weighted by molar-refractivity contribution is -0.145. The number of alkyl halides is 3. The van der Waals surface area contributed by atoms with Crippen molar-refractivity contribution >= 4 is 0 Å². The van der Waals surface area contributed by atoms with Crippen molar-refractivity contribution in [1.29, 1.82) is 0 Å². The molecule has 6 atom stereocenters. The van der Waals surface area contributed by atoms with Gasteiger partial charge in [0.1, 0.15) is 30.2 Å². The van der Waals surface area contributed by atoms with Crippen molar-refractivity contribution in [2.45, 2.75) is 50.5 Å². The van der Waals surface area contributed by atoms with Crippen LogP contribution in [0.1, 0.15) is 29.7 Å². The van der Waals surface area contributed by atoms with E-state index in [1.165, 1.54) is 32.0 Å². The summed E-state index contributed by atoms with van der Waals surface area (Å²) in [7, 11) is 0. The highest BCUT2D eigenvalue weighted by molar-refractivity contribution is 5.65. The maximum atomic E-state index is 13.9. The summed E-state index contributed by atoms with van der Waals surface area (Å²) in [6, 6.07) is 6.68. The maximum Gasteiger partial charge on any atom is 0.419 e. The molecular weight excluding hydrogens is 436 g/mol. The van der Waals surface area contributed by atoms with Gasteiger partial charge in [-0.3, -0.25) is 0 Å². The average molecular weight is 462 g/mol. The lowest BCUT2D eigenvalue weighted by Gasteiger charge is -2.31. The molecule has 0 saturated heterocycles. The number of halogens is 4. The van der Waals surface area contributed by atoms with E-state index in [0.29, 0.717) is 17.2 Å². The molecule has 6 nitrogen and oxygen atoms in total. The van der Waals surface area contributed by atoms with E-state index in [1.54, 1.807) is 0 Å². The normalized spacial score (nSPS) is 18.0. The van der Waals surface area contributed by atoms with Crippen molar-refractivity contribution in [2.24, 2.45) is 5.92 Å². The zero-order valence-electron chi connectivity index (χ0n) is 17.3. The van der Waals surface area contributed by atoms with E-state index in [-0.39, 0.29) is 11.1 Å². The third-order valence-corrected chi connectivity index (χ3v) is 5.44. The van der Waals surface area contributed by atoms with E-state index in [4.69, 9.17) is 5.11 Å². The Bertz CT molecular complexity index is 920. The van der Waals surface area contributed by atoms with Gasteiger partial charge < -0.3 is 30.6 Å². The predicted molar refractivity (Wildman–Crippen MR) is 107 cm³/mol. The third kappa shape index (κ3) is 5.64. The fraction of sp³-hybridized carbons (Fsp3) is 0.455. The van der Waals surface area contributed by atoms with Crippen molar-refractivity contribution in [1.82, 2.24) is 0 Å². The van der Waals surface area contributed by atoms with E-state index in [9.17, 15) is 43.1 Å². The van der Waals surface area contributed by atoms with Crippen LogP contribution in [0.3, 0.4) is 0 Å². The highest BCUT2D eigenvalue weighted by Crippen LogP contribution is 2.34. The summed E-state index contributed by atoms with van der Waals surface area (Å²) < 4.78 is 52.1. The van der Waals surface area contributed by atoms with Crippen LogP contribution in [0.15, 0.2) is 36.4 Å². The molecule has 32 heavy (non-hydrogen) atoms. The van der Waals surface area contributed by atoms with Crippen LogP contribution in [0.4, 0.5) is 17.6 Å². The standard InChI is InChI=1S/C22H26F4O6/c1-10-7-12(13-4-6-15(16(23)8-13)22(24,25)26)3-5-14(10)18(29)20(31)21(32)19(30)17(28)11(2)9-27/h3-8,11,17-21,27-32H,9H2,1-2H3/t11?,17?,18-,19?,20?,21?/m1/s1. The smallest absolute Gasteiger partial charge is 0.396 e. The summed E-state index contributed by atoms with van der Waals surface area (Å²) in [4.78, 5) is 0. The predicted octanol–water partition coefficient (Wildman–Crippen LogP) is 1.93. The monoisotopic (exact) mass is 462 g/mol. The Morgan fingerprint density at radius 3 is 1.84 bits per heavy atom. The number of hydrogen-bond donors (Lipinski definition) is 6. The van der Waals surface area contributed by atoms with E-state index in [2.05, 4.69) is 0 Å². The summed E-state index contributed by atoms with van der Waals surface area (Å²) in [5.41, 5.74) is -0.353. The van der Waals surface area contributed by atoms with Crippen LogP contribution in [0.25, 0.3) is 11.1 Å². The molecule has 0 saturated carbocycles. The van der Waals surface area contributed by atoms with Gasteiger partial charge in [-0.2, -0.15) is 13.2 Å². The number of hydrogen-bond acceptors (Lipinski definition) is 6. The lowest BCUT2D eigenvalue weighted by Crippen LogP contribution is -2.49. The number of rotatable bonds is 8. The minimum atomic E-state index is -4.82. The Kier molecular flexibility index (Phi) is 8.38. The summed E-state index contributed by atoms with van der Waals surface area (Å²) in [5, 5.41) is 59.9. The Hall–Kier alpha value is -2.08. The first-order chi connectivity index (χ1) is 14.8. The quantitative estimate of drug-likeness (QED) is 0.334. The van der Waals surface area contributed by atoms with Gasteiger partial charge >= 0.3 is 6.18 Å². The molecule has 0 spiro atoms. The Balaban J connectivity index is 2.25. The van der Waals surface area contributed by atoms with Crippen molar-refractivity contribution in [3.63, 3.8) is 0 Å². The van der Waals surface area contributed by atoms with E-state index in [1.807, 2.05) is 0 Å². The maximum absolute atomic E-state index is 13.9. The summed E-state index contributed by atoms with van der Waals surface area (Å²) in [6.07, 6.45) is -13.8. The molecule has 2 aromatic carbocycles. The van der Waals surface area contributed by atoms with Crippen LogP contribution in [-0.2, 0) is 6.18 Å². The van der Waals surface area contributed by atoms with Gasteiger partial charge in [-0.05, 0) is 41.3 Å². The van der Waals surface area contributed by atoms with Crippen LogP contribution in [0, 0.1) is 18.7 Å². The zero-order valence-corrected chi connectivity index (χ0v) is 17.3. The molecule has 2 rings (SSSR count). The molecular formula is C22H26F4O6. The van der Waals surface area contributed by atoms with Crippen LogP contribution in [0.5, 0.6) is 0 Å². The highest BCUT2D eigenvalue weighted by atomic mass is 19.4. The van der Waals surface area contributed by atoms with Gasteiger partial charge in [0.05, 0.1) is 11.7 Å². The van der Waals surface area contributed by atoms with Crippen molar-refractivity contribution < 1.29 is 48.2 Å². The number of aliphatic hydroxyl groups is 6. The van der Waals surface area contributed by atoms with E-state index < -0.39 is 60.6 Å². The van der Waals surface area contributed by atoms with Gasteiger partial charge in [0.15, 0.2) is 0 Å². The Morgan fingerprint density at radius 2 is 1.34 bits per heavy atom. The van der Waals surface area contributed by atoms with Gasteiger partial charge in [-0.15, -0.1) is 0 Å². The first kappa shape index (κ1) is 26.2. The largest absolute Gasteiger partial charge is 0.419 e. The molecule has 0 amide bonds. The minimum absolute atomic E-state index is 0.143. The van der Waals surface area contributed by atoms with Crippen molar-refractivity contribution in [3.05, 3.63) is 58.9 Å². The molecule has 0 heterocycles. The van der Waals surface area contributed by atoms with Gasteiger partial charge in [-0.25, -0.2) is 4.39 Å². The molecule has 0 radical (unpaired) electrons. The molecule has 0 aliphatic heterocycles. The zero-order chi connectivity index (χ0) is 24.4. The van der Waals surface area contributed by atoms with Crippen LogP contribution in [0.2, 0.25) is 0 Å². The fourth-order valence-electron chi connectivity index (χ4n) is 3.33. The molecule has 2 aromatic rings. The molecule has 5 unspecified atom stereocenters. The molecule has 0 aliphatic rings. The topological polar surface area (TPSA) is 121 Å². The first-order valence-electron chi connectivity index (χ1n) is 9.78. The van der Waals surface area contributed by atoms with Gasteiger partial charge in [0.25, 0.3) is 0 Å². The Labute approximate surface area is 182 Å². The van der Waals surface area contributed by atoms with Crippen molar-refractivity contribution in [2.75, 3.05) is 6.61 Å². The second-order valence-electron chi connectivity index (χ2n) is 7.83. The molecule has 0 aliphatic carbocycles. The second kappa shape index (κ2) is 10.2. The first-order valence-corrected chi connectivity index (χ1v) is 9.78. The second-order valence-corrected chi connectivity index (χ2v) is 7.83. The molecule has 0 fully saturated rings. The van der Waals surface area contributed by atoms with Crippen LogP contribution < -0.4 is 0 Å². The van der Waals surface area contributed by atoms with Crippen molar-refractivity contribution in [3.8, 4) is 11.1 Å². The fourth-order valence-corrected chi connectivity index (χ4v) is 3.33. The summed E-state index contributed by atoms with van der Waals surface area (Å²) >= 11 is 0. The van der Waals surface area contributed by atoms with Gasteiger partial charge in [-0.1, -0.05) is 31.2 Å². The van der Waals surface area contributed by atoms with Gasteiger partial charge in [0, 0.05) is 12.5 Å². The molecule has 0 aromatic heterocycles. The Morgan fingerprint density at radius 1 is 0.812 bits per heavy atom. The molecule has 10 heteroatoms. The van der Waals surface area contributed by atoms with E-state index in [0.717, 1.165) is 12.1 Å². The average Bonchev–Trinajstić information content (AvgIpc) is 2.74. The number of benzene rings is 2.